The molecular weight excluding hydrogens is 400 g/mol. The average molecular weight is 430 g/mol. The standard InChI is InChI=1S/C24H30O7/c1-3-29-23(25)21(17-27-15-19-11-7-5-8-12-19)22(24(26)30-4-2)31-18-28-16-20-13-9-6-10-14-20/h5-14,21-22H,3-4,15-18H2,1-2H3/t21-,22-/m0/s1. The Bertz CT molecular complexity index is 764. The van der Waals surface area contributed by atoms with Crippen molar-refractivity contribution in [3.8, 4) is 0 Å². The van der Waals surface area contributed by atoms with Crippen molar-refractivity contribution in [1.82, 2.24) is 0 Å². The van der Waals surface area contributed by atoms with Crippen molar-refractivity contribution in [3.05, 3.63) is 71.8 Å². The molecule has 2 rings (SSSR count). The highest BCUT2D eigenvalue weighted by Crippen LogP contribution is 2.16. The zero-order valence-corrected chi connectivity index (χ0v) is 18.0. The molecule has 0 saturated carbocycles. The van der Waals surface area contributed by atoms with Crippen molar-refractivity contribution in [2.24, 2.45) is 5.92 Å². The summed E-state index contributed by atoms with van der Waals surface area (Å²) in [6.45, 7) is 4.07. The SMILES string of the molecule is CCOC(=O)[C@@H](COCc1ccccc1)[C@H](OCOCc1ccccc1)C(=O)OCC. The quantitative estimate of drug-likeness (QED) is 0.258. The Kier molecular flexibility index (Phi) is 11.3. The Hall–Kier alpha value is -2.74. The van der Waals surface area contributed by atoms with Crippen molar-refractivity contribution >= 4 is 11.9 Å². The summed E-state index contributed by atoms with van der Waals surface area (Å²) in [7, 11) is 0. The molecule has 7 nitrogen and oxygen atoms in total. The van der Waals surface area contributed by atoms with E-state index in [9.17, 15) is 9.59 Å². The van der Waals surface area contributed by atoms with Crippen LogP contribution in [0.25, 0.3) is 0 Å². The molecular formula is C24H30O7. The Morgan fingerprint density at radius 2 is 1.26 bits per heavy atom. The van der Waals surface area contributed by atoms with Gasteiger partial charge < -0.3 is 23.7 Å². The molecule has 2 aromatic rings. The van der Waals surface area contributed by atoms with Crippen LogP contribution in [0, 0.1) is 5.92 Å². The first kappa shape index (κ1) is 24.5. The maximum atomic E-state index is 12.6. The van der Waals surface area contributed by atoms with Gasteiger partial charge in [-0.1, -0.05) is 60.7 Å². The minimum absolute atomic E-state index is 0.0596. The van der Waals surface area contributed by atoms with Gasteiger partial charge in [0.25, 0.3) is 0 Å². The van der Waals surface area contributed by atoms with Gasteiger partial charge in [-0.3, -0.25) is 4.79 Å². The van der Waals surface area contributed by atoms with E-state index in [-0.39, 0.29) is 33.2 Å². The van der Waals surface area contributed by atoms with E-state index in [0.717, 1.165) is 11.1 Å². The first-order valence-corrected chi connectivity index (χ1v) is 10.3. The molecule has 0 heterocycles. The highest BCUT2D eigenvalue weighted by molar-refractivity contribution is 5.84. The van der Waals surface area contributed by atoms with Gasteiger partial charge in [-0.25, -0.2) is 4.79 Å². The molecule has 0 saturated heterocycles. The van der Waals surface area contributed by atoms with Gasteiger partial charge in [0.05, 0.1) is 33.0 Å². The van der Waals surface area contributed by atoms with Gasteiger partial charge in [0, 0.05) is 0 Å². The summed E-state index contributed by atoms with van der Waals surface area (Å²) < 4.78 is 27.1. The second-order valence-corrected chi connectivity index (χ2v) is 6.65. The van der Waals surface area contributed by atoms with Crippen LogP contribution in [-0.2, 0) is 46.5 Å². The summed E-state index contributed by atoms with van der Waals surface area (Å²) >= 11 is 0. The van der Waals surface area contributed by atoms with Gasteiger partial charge >= 0.3 is 11.9 Å². The van der Waals surface area contributed by atoms with Gasteiger partial charge in [-0.05, 0) is 25.0 Å². The maximum Gasteiger partial charge on any atom is 0.336 e. The van der Waals surface area contributed by atoms with E-state index in [1.165, 1.54) is 0 Å². The smallest absolute Gasteiger partial charge is 0.336 e. The number of carbonyl (C=O) groups is 2. The third-order valence-corrected chi connectivity index (χ3v) is 4.33. The van der Waals surface area contributed by atoms with Gasteiger partial charge in [0.1, 0.15) is 12.7 Å². The van der Waals surface area contributed by atoms with E-state index < -0.39 is 24.0 Å². The van der Waals surface area contributed by atoms with Crippen LogP contribution in [0.3, 0.4) is 0 Å². The number of hydrogen-bond acceptors (Lipinski definition) is 7. The van der Waals surface area contributed by atoms with E-state index >= 15 is 0 Å². The molecule has 2 atom stereocenters. The molecule has 0 aromatic heterocycles. The number of carbonyl (C=O) groups excluding carboxylic acids is 2. The van der Waals surface area contributed by atoms with Crippen LogP contribution in [0.1, 0.15) is 25.0 Å². The Morgan fingerprint density at radius 1 is 0.742 bits per heavy atom. The molecule has 0 bridgehead atoms. The normalized spacial score (nSPS) is 12.7. The zero-order chi connectivity index (χ0) is 22.3. The summed E-state index contributed by atoms with van der Waals surface area (Å²) in [4.78, 5) is 25.1. The second-order valence-electron chi connectivity index (χ2n) is 6.65. The summed E-state index contributed by atoms with van der Waals surface area (Å²) in [5.74, 6) is -2.23. The fourth-order valence-corrected chi connectivity index (χ4v) is 2.83. The second kappa shape index (κ2) is 14.3. The predicted molar refractivity (Wildman–Crippen MR) is 114 cm³/mol. The van der Waals surface area contributed by atoms with Crippen LogP contribution in [-0.4, -0.2) is 44.7 Å². The molecule has 0 spiro atoms. The lowest BCUT2D eigenvalue weighted by Gasteiger charge is -2.24. The van der Waals surface area contributed by atoms with E-state index in [0.29, 0.717) is 6.61 Å². The first-order valence-electron chi connectivity index (χ1n) is 10.3. The first-order chi connectivity index (χ1) is 15.2. The highest BCUT2D eigenvalue weighted by Gasteiger charge is 2.37. The fraction of sp³-hybridized carbons (Fsp3) is 0.417. The number of hydrogen-bond donors (Lipinski definition) is 0. The lowest BCUT2D eigenvalue weighted by Crippen LogP contribution is -2.42. The van der Waals surface area contributed by atoms with E-state index in [1.54, 1.807) is 13.8 Å². The fourth-order valence-electron chi connectivity index (χ4n) is 2.83. The van der Waals surface area contributed by atoms with Crippen LogP contribution >= 0.6 is 0 Å². The highest BCUT2D eigenvalue weighted by atomic mass is 16.7. The Labute approximate surface area is 183 Å². The predicted octanol–water partition coefficient (Wildman–Crippen LogP) is 3.51. The third kappa shape index (κ3) is 8.88. The average Bonchev–Trinajstić information content (AvgIpc) is 2.79. The van der Waals surface area contributed by atoms with Crippen LogP contribution in [0.2, 0.25) is 0 Å². The molecule has 0 amide bonds. The van der Waals surface area contributed by atoms with Crippen molar-refractivity contribution in [2.75, 3.05) is 26.6 Å². The van der Waals surface area contributed by atoms with Crippen molar-refractivity contribution in [3.63, 3.8) is 0 Å². The molecule has 2 aromatic carbocycles. The summed E-state index contributed by atoms with van der Waals surface area (Å²) in [6, 6.07) is 19.1. The lowest BCUT2D eigenvalue weighted by molar-refractivity contribution is -0.185. The molecule has 168 valence electrons. The zero-order valence-electron chi connectivity index (χ0n) is 18.0. The lowest BCUT2D eigenvalue weighted by atomic mass is 10.0. The van der Waals surface area contributed by atoms with Gasteiger partial charge in [0.2, 0.25) is 0 Å². The molecule has 0 aliphatic heterocycles. The van der Waals surface area contributed by atoms with E-state index in [2.05, 4.69) is 0 Å². The van der Waals surface area contributed by atoms with Crippen LogP contribution in [0.5, 0.6) is 0 Å². The molecule has 0 N–H and O–H groups in total. The summed E-state index contributed by atoms with van der Waals surface area (Å²) in [6.07, 6.45) is -1.20. The van der Waals surface area contributed by atoms with Gasteiger partial charge in [0.15, 0.2) is 6.10 Å². The minimum atomic E-state index is -1.20. The molecule has 7 heteroatoms. The van der Waals surface area contributed by atoms with Crippen LogP contribution in [0.4, 0.5) is 0 Å². The number of ether oxygens (including phenoxy) is 5. The Balaban J connectivity index is 2.00. The third-order valence-electron chi connectivity index (χ3n) is 4.33. The van der Waals surface area contributed by atoms with Crippen molar-refractivity contribution < 1.29 is 33.3 Å². The topological polar surface area (TPSA) is 80.3 Å². The maximum absolute atomic E-state index is 12.6. The van der Waals surface area contributed by atoms with E-state index in [4.69, 9.17) is 23.7 Å². The molecule has 0 aliphatic rings. The molecule has 0 fully saturated rings. The number of esters is 2. The van der Waals surface area contributed by atoms with Crippen LogP contribution < -0.4 is 0 Å². The van der Waals surface area contributed by atoms with Crippen molar-refractivity contribution in [1.29, 1.82) is 0 Å². The molecule has 0 radical (unpaired) electrons. The number of rotatable bonds is 14. The van der Waals surface area contributed by atoms with Gasteiger partial charge in [-0.2, -0.15) is 0 Å². The largest absolute Gasteiger partial charge is 0.466 e. The van der Waals surface area contributed by atoms with E-state index in [1.807, 2.05) is 60.7 Å². The minimum Gasteiger partial charge on any atom is -0.466 e. The van der Waals surface area contributed by atoms with Gasteiger partial charge in [-0.15, -0.1) is 0 Å². The van der Waals surface area contributed by atoms with Crippen LogP contribution in [0.15, 0.2) is 60.7 Å². The number of benzene rings is 2. The Morgan fingerprint density at radius 3 is 1.81 bits per heavy atom. The molecule has 31 heavy (non-hydrogen) atoms. The summed E-state index contributed by atoms with van der Waals surface area (Å²) in [5, 5.41) is 0. The van der Waals surface area contributed by atoms with Crippen molar-refractivity contribution in [2.45, 2.75) is 33.2 Å². The molecule has 0 unspecified atom stereocenters. The monoisotopic (exact) mass is 430 g/mol. The summed E-state index contributed by atoms with van der Waals surface area (Å²) in [5.41, 5.74) is 1.91. The molecule has 0 aliphatic carbocycles.